The van der Waals surface area contributed by atoms with Crippen molar-refractivity contribution in [3.05, 3.63) is 93.4 Å². The number of amides is 2. The maximum atomic E-state index is 13.3. The molecule has 2 amide bonds. The number of carbonyl (C=O) groups excluding carboxylic acids is 1. The van der Waals surface area contributed by atoms with E-state index in [9.17, 15) is 14.7 Å². The van der Waals surface area contributed by atoms with Gasteiger partial charge in [0.05, 0.1) is 21.4 Å². The van der Waals surface area contributed by atoms with Crippen LogP contribution >= 0.6 is 34.8 Å². The number of fused-ring (bicyclic) bond motifs is 1. The van der Waals surface area contributed by atoms with Gasteiger partial charge in [0.1, 0.15) is 6.04 Å². The summed E-state index contributed by atoms with van der Waals surface area (Å²) in [7, 11) is 0. The minimum absolute atomic E-state index is 0.300. The van der Waals surface area contributed by atoms with Gasteiger partial charge in [0, 0.05) is 55.4 Å². The average molecular weight is 586 g/mol. The summed E-state index contributed by atoms with van der Waals surface area (Å²) in [4.78, 5) is 30.8. The van der Waals surface area contributed by atoms with Crippen LogP contribution in [-0.2, 0) is 17.9 Å². The zero-order valence-electron chi connectivity index (χ0n) is 21.0. The van der Waals surface area contributed by atoms with Gasteiger partial charge in [-0.1, -0.05) is 65.1 Å². The van der Waals surface area contributed by atoms with Crippen LogP contribution in [0.5, 0.6) is 0 Å². The number of anilines is 2. The predicted octanol–water partition coefficient (Wildman–Crippen LogP) is 6.43. The third-order valence-corrected chi connectivity index (χ3v) is 8.04. The first-order valence-corrected chi connectivity index (χ1v) is 13.6. The van der Waals surface area contributed by atoms with Crippen LogP contribution in [0.4, 0.5) is 16.2 Å². The smallest absolute Gasteiger partial charge is 0.326 e. The number of benzene rings is 3. The van der Waals surface area contributed by atoms with E-state index in [1.807, 2.05) is 35.2 Å². The molecule has 10 heteroatoms. The number of aliphatic carboxylic acids is 1. The molecule has 1 atom stereocenters. The number of carbonyl (C=O) groups is 2. The van der Waals surface area contributed by atoms with Gasteiger partial charge in [-0.25, -0.2) is 4.79 Å². The SMILES string of the molecule is C=CCN1CCN(Cc2cc(-c3ccccc3Cl)c3c(c2)N(c2c(Cl)cccc2Cl)C(=O)NC3)CC1C(=O)O. The van der Waals surface area contributed by atoms with Crippen LogP contribution < -0.4 is 10.2 Å². The molecule has 1 fully saturated rings. The molecule has 0 aliphatic carbocycles. The summed E-state index contributed by atoms with van der Waals surface area (Å²) in [5.41, 5.74) is 4.54. The highest BCUT2D eigenvalue weighted by molar-refractivity contribution is 6.40. The van der Waals surface area contributed by atoms with Crippen molar-refractivity contribution in [2.24, 2.45) is 0 Å². The van der Waals surface area contributed by atoms with E-state index < -0.39 is 12.0 Å². The van der Waals surface area contributed by atoms with Crippen LogP contribution in [0.1, 0.15) is 11.1 Å². The van der Waals surface area contributed by atoms with Crippen molar-refractivity contribution < 1.29 is 14.7 Å². The molecule has 1 saturated heterocycles. The Kier molecular flexibility index (Phi) is 8.16. The Bertz CT molecular complexity index is 1430. The summed E-state index contributed by atoms with van der Waals surface area (Å²) in [6.45, 7) is 6.72. The second-order valence-corrected chi connectivity index (χ2v) is 10.8. The molecular weight excluding hydrogens is 559 g/mol. The number of piperazine rings is 1. The summed E-state index contributed by atoms with van der Waals surface area (Å²) < 4.78 is 0. The maximum absolute atomic E-state index is 13.3. The summed E-state index contributed by atoms with van der Waals surface area (Å²) in [5, 5.41) is 14.1. The molecule has 2 heterocycles. The molecule has 5 rings (SSSR count). The van der Waals surface area contributed by atoms with Crippen molar-refractivity contribution in [2.45, 2.75) is 19.1 Å². The first-order valence-electron chi connectivity index (χ1n) is 12.5. The minimum Gasteiger partial charge on any atom is -0.480 e. The van der Waals surface area contributed by atoms with Gasteiger partial charge < -0.3 is 10.4 Å². The zero-order valence-corrected chi connectivity index (χ0v) is 23.3. The molecule has 202 valence electrons. The molecule has 39 heavy (non-hydrogen) atoms. The van der Waals surface area contributed by atoms with E-state index in [4.69, 9.17) is 34.8 Å². The summed E-state index contributed by atoms with van der Waals surface area (Å²) in [6.07, 6.45) is 1.73. The van der Waals surface area contributed by atoms with Crippen LogP contribution in [0, 0.1) is 0 Å². The third kappa shape index (κ3) is 5.51. The summed E-state index contributed by atoms with van der Waals surface area (Å²) >= 11 is 19.8. The topological polar surface area (TPSA) is 76.1 Å². The molecule has 3 aromatic rings. The predicted molar refractivity (Wildman–Crippen MR) is 156 cm³/mol. The number of para-hydroxylation sites is 1. The average Bonchev–Trinajstić information content (AvgIpc) is 2.90. The van der Waals surface area contributed by atoms with Crippen molar-refractivity contribution in [3.8, 4) is 11.1 Å². The molecule has 2 N–H and O–H groups in total. The van der Waals surface area contributed by atoms with Gasteiger partial charge in [0.2, 0.25) is 0 Å². The van der Waals surface area contributed by atoms with Gasteiger partial charge in [0.25, 0.3) is 0 Å². The molecule has 1 unspecified atom stereocenters. The Hall–Kier alpha value is -3.07. The monoisotopic (exact) mass is 584 g/mol. The van der Waals surface area contributed by atoms with E-state index in [1.165, 1.54) is 4.90 Å². The largest absolute Gasteiger partial charge is 0.480 e. The summed E-state index contributed by atoms with van der Waals surface area (Å²) in [6, 6.07) is 15.7. The lowest BCUT2D eigenvalue weighted by molar-refractivity contribution is -0.145. The van der Waals surface area contributed by atoms with Gasteiger partial charge in [-0.05, 0) is 41.5 Å². The third-order valence-electron chi connectivity index (χ3n) is 7.10. The van der Waals surface area contributed by atoms with Gasteiger partial charge >= 0.3 is 12.0 Å². The Morgan fingerprint density at radius 1 is 1.03 bits per heavy atom. The standard InChI is InChI=1S/C29H27Cl3N4O3/c1-2-10-35-12-11-34(17-26(35)28(37)38)16-18-13-20(19-6-3-4-7-22(19)30)21-15-33-29(39)36(25(21)14-18)27-23(31)8-5-9-24(27)32/h2-9,13-14,26H,1,10-12,15-17H2,(H,33,39)(H,37,38). The van der Waals surface area contributed by atoms with Crippen molar-refractivity contribution in [1.82, 2.24) is 15.1 Å². The number of urea groups is 1. The normalized spacial score (nSPS) is 18.0. The van der Waals surface area contributed by atoms with Gasteiger partial charge in [-0.2, -0.15) is 0 Å². The Morgan fingerprint density at radius 2 is 1.74 bits per heavy atom. The highest BCUT2D eigenvalue weighted by Crippen LogP contribution is 2.44. The molecule has 0 aromatic heterocycles. The van der Waals surface area contributed by atoms with E-state index in [2.05, 4.69) is 22.9 Å². The van der Waals surface area contributed by atoms with Crippen LogP contribution in [0.3, 0.4) is 0 Å². The molecule has 0 saturated carbocycles. The first kappa shape index (κ1) is 27.5. The molecule has 2 aliphatic rings. The molecule has 7 nitrogen and oxygen atoms in total. The van der Waals surface area contributed by atoms with E-state index in [0.717, 1.165) is 22.3 Å². The number of nitrogens with one attached hydrogen (secondary N) is 1. The van der Waals surface area contributed by atoms with Crippen molar-refractivity contribution in [3.63, 3.8) is 0 Å². The molecule has 0 bridgehead atoms. The molecule has 0 radical (unpaired) electrons. The number of hydrogen-bond donors (Lipinski definition) is 2. The van der Waals surface area contributed by atoms with Gasteiger partial charge in [0.15, 0.2) is 0 Å². The second-order valence-electron chi connectivity index (χ2n) is 9.56. The highest BCUT2D eigenvalue weighted by Gasteiger charge is 2.34. The fraction of sp³-hybridized carbons (Fsp3) is 0.241. The number of halogens is 3. The van der Waals surface area contributed by atoms with Crippen LogP contribution in [0.25, 0.3) is 11.1 Å². The molecular formula is C29H27Cl3N4O3. The fourth-order valence-corrected chi connectivity index (χ4v) is 6.09. The van der Waals surface area contributed by atoms with Gasteiger partial charge in [-0.15, -0.1) is 6.58 Å². The van der Waals surface area contributed by atoms with E-state index in [0.29, 0.717) is 65.7 Å². The Balaban J connectivity index is 1.61. The van der Waals surface area contributed by atoms with Gasteiger partial charge in [-0.3, -0.25) is 19.5 Å². The number of carboxylic acid groups (broad SMARTS) is 1. The zero-order chi connectivity index (χ0) is 27.7. The van der Waals surface area contributed by atoms with Crippen molar-refractivity contribution in [2.75, 3.05) is 31.1 Å². The number of nitrogens with zero attached hydrogens (tertiary/aromatic N) is 3. The molecule has 0 spiro atoms. The fourth-order valence-electron chi connectivity index (χ4n) is 5.29. The number of hydrogen-bond acceptors (Lipinski definition) is 4. The van der Waals surface area contributed by atoms with E-state index in [-0.39, 0.29) is 6.03 Å². The van der Waals surface area contributed by atoms with E-state index in [1.54, 1.807) is 24.3 Å². The van der Waals surface area contributed by atoms with Crippen molar-refractivity contribution in [1.29, 1.82) is 0 Å². The quantitative estimate of drug-likeness (QED) is 0.313. The van der Waals surface area contributed by atoms with E-state index >= 15 is 0 Å². The molecule has 2 aliphatic heterocycles. The number of carboxylic acids is 1. The lowest BCUT2D eigenvalue weighted by Gasteiger charge is -2.39. The lowest BCUT2D eigenvalue weighted by Crippen LogP contribution is -2.56. The Morgan fingerprint density at radius 3 is 2.44 bits per heavy atom. The lowest BCUT2D eigenvalue weighted by atomic mass is 9.93. The second kappa shape index (κ2) is 11.6. The first-order chi connectivity index (χ1) is 18.8. The Labute approximate surface area is 242 Å². The molecule has 3 aromatic carbocycles. The van der Waals surface area contributed by atoms with Crippen molar-refractivity contribution >= 4 is 58.2 Å². The number of rotatable bonds is 7. The maximum Gasteiger partial charge on any atom is 0.326 e. The minimum atomic E-state index is -0.861. The van der Waals surface area contributed by atoms with Crippen LogP contribution in [-0.4, -0.2) is 59.1 Å². The highest BCUT2D eigenvalue weighted by atomic mass is 35.5. The van der Waals surface area contributed by atoms with Crippen LogP contribution in [0.15, 0.2) is 67.3 Å². The summed E-state index contributed by atoms with van der Waals surface area (Å²) in [5.74, 6) is -0.861. The van der Waals surface area contributed by atoms with Crippen LogP contribution in [0.2, 0.25) is 15.1 Å².